The van der Waals surface area contributed by atoms with Gasteiger partial charge in [-0.2, -0.15) is 0 Å². The summed E-state index contributed by atoms with van der Waals surface area (Å²) in [6.45, 7) is 6.48. The van der Waals surface area contributed by atoms with E-state index < -0.39 is 11.8 Å². The maximum absolute atomic E-state index is 12.5. The molecule has 0 bridgehead atoms. The molecule has 1 saturated heterocycles. The average molecular weight is 380 g/mol. The molecule has 0 aromatic heterocycles. The van der Waals surface area contributed by atoms with E-state index in [1.807, 2.05) is 26.0 Å². The summed E-state index contributed by atoms with van der Waals surface area (Å²) in [5.41, 5.74) is 2.48. The summed E-state index contributed by atoms with van der Waals surface area (Å²) < 4.78 is 0. The van der Waals surface area contributed by atoms with Crippen molar-refractivity contribution in [2.75, 3.05) is 26.2 Å². The van der Waals surface area contributed by atoms with Gasteiger partial charge in [0.25, 0.3) is 0 Å². The van der Waals surface area contributed by atoms with Crippen molar-refractivity contribution in [1.29, 1.82) is 0 Å². The Hall–Kier alpha value is -2.66. The smallest absolute Gasteiger partial charge is 0.311 e. The van der Waals surface area contributed by atoms with E-state index in [4.69, 9.17) is 0 Å². The summed E-state index contributed by atoms with van der Waals surface area (Å²) in [6.07, 6.45) is 0.808. The molecule has 2 amide bonds. The lowest BCUT2D eigenvalue weighted by molar-refractivity contribution is -0.147. The van der Waals surface area contributed by atoms with Crippen LogP contribution in [0, 0.1) is 0 Å². The van der Waals surface area contributed by atoms with Crippen molar-refractivity contribution >= 4 is 11.8 Å². The largest absolute Gasteiger partial charge is 0.345 e. The van der Waals surface area contributed by atoms with Crippen LogP contribution in [0.5, 0.6) is 0 Å². The third-order valence-electron chi connectivity index (χ3n) is 5.38. The third-order valence-corrected chi connectivity index (χ3v) is 5.38. The summed E-state index contributed by atoms with van der Waals surface area (Å²) in [4.78, 5) is 28.7. The Kier molecular flexibility index (Phi) is 6.82. The number of hydrogen-bond acceptors (Lipinski definition) is 3. The van der Waals surface area contributed by atoms with Crippen molar-refractivity contribution in [1.82, 2.24) is 15.1 Å². The molecule has 2 aromatic rings. The zero-order valence-electron chi connectivity index (χ0n) is 16.7. The molecule has 0 spiro atoms. The number of hydrogen-bond donors (Lipinski definition) is 1. The fraction of sp³-hybridized carbons (Fsp3) is 0.391. The lowest BCUT2D eigenvalue weighted by Crippen LogP contribution is -2.54. The number of carbonyl (C=O) groups is 2. The van der Waals surface area contributed by atoms with Gasteiger partial charge in [0.1, 0.15) is 0 Å². The van der Waals surface area contributed by atoms with E-state index in [0.717, 1.165) is 19.5 Å². The first-order valence-electron chi connectivity index (χ1n) is 10.0. The van der Waals surface area contributed by atoms with Gasteiger partial charge in [0.15, 0.2) is 0 Å². The molecule has 0 radical (unpaired) electrons. The molecular weight excluding hydrogens is 350 g/mol. The molecule has 1 aliphatic rings. The molecule has 1 unspecified atom stereocenters. The molecule has 2 aromatic carbocycles. The highest BCUT2D eigenvalue weighted by Crippen LogP contribution is 2.29. The molecule has 5 nitrogen and oxygen atoms in total. The number of nitrogens with zero attached hydrogens (tertiary/aromatic N) is 2. The molecule has 0 saturated carbocycles. The second kappa shape index (κ2) is 9.51. The minimum atomic E-state index is -0.495. The van der Waals surface area contributed by atoms with Gasteiger partial charge in [-0.15, -0.1) is 0 Å². The number of carbonyl (C=O) groups excluding carboxylic acids is 2. The zero-order chi connectivity index (χ0) is 19.9. The fourth-order valence-electron chi connectivity index (χ4n) is 3.60. The highest BCUT2D eigenvalue weighted by atomic mass is 16.2. The van der Waals surface area contributed by atoms with Gasteiger partial charge >= 0.3 is 11.8 Å². The molecule has 3 rings (SSSR count). The van der Waals surface area contributed by atoms with E-state index >= 15 is 0 Å². The number of rotatable bonds is 5. The topological polar surface area (TPSA) is 52.7 Å². The Morgan fingerprint density at radius 3 is 1.86 bits per heavy atom. The van der Waals surface area contributed by atoms with Crippen molar-refractivity contribution in [2.45, 2.75) is 32.4 Å². The number of piperazine rings is 1. The maximum atomic E-state index is 12.5. The average Bonchev–Trinajstić information content (AvgIpc) is 2.75. The molecule has 5 heteroatoms. The minimum absolute atomic E-state index is 0.0123. The number of benzene rings is 2. The molecule has 148 valence electrons. The Labute approximate surface area is 167 Å². The minimum Gasteiger partial charge on any atom is -0.345 e. The quantitative estimate of drug-likeness (QED) is 0.813. The highest BCUT2D eigenvalue weighted by molar-refractivity contribution is 6.35. The predicted octanol–water partition coefficient (Wildman–Crippen LogP) is 2.83. The van der Waals surface area contributed by atoms with Crippen molar-refractivity contribution in [3.05, 3.63) is 71.8 Å². The second-order valence-corrected chi connectivity index (χ2v) is 7.33. The summed E-state index contributed by atoms with van der Waals surface area (Å²) in [5, 5.41) is 2.77. The maximum Gasteiger partial charge on any atom is 0.311 e. The molecule has 0 aliphatic carbocycles. The lowest BCUT2D eigenvalue weighted by atomic mass is 9.96. The van der Waals surface area contributed by atoms with Crippen molar-refractivity contribution < 1.29 is 9.59 Å². The van der Waals surface area contributed by atoms with Gasteiger partial charge in [-0.05, 0) is 24.5 Å². The second-order valence-electron chi connectivity index (χ2n) is 7.33. The first-order chi connectivity index (χ1) is 13.6. The summed E-state index contributed by atoms with van der Waals surface area (Å²) in [5.74, 6) is -0.915. The van der Waals surface area contributed by atoms with Gasteiger partial charge in [0, 0.05) is 32.2 Å². The van der Waals surface area contributed by atoms with Gasteiger partial charge in [-0.1, -0.05) is 67.6 Å². The van der Waals surface area contributed by atoms with Crippen molar-refractivity contribution in [3.8, 4) is 0 Å². The van der Waals surface area contributed by atoms with Crippen LogP contribution in [0.3, 0.4) is 0 Å². The van der Waals surface area contributed by atoms with Crippen LogP contribution in [0.2, 0.25) is 0 Å². The monoisotopic (exact) mass is 379 g/mol. The van der Waals surface area contributed by atoms with E-state index in [0.29, 0.717) is 13.1 Å². The third kappa shape index (κ3) is 4.78. The van der Waals surface area contributed by atoms with Crippen LogP contribution >= 0.6 is 0 Å². The van der Waals surface area contributed by atoms with E-state index in [1.165, 1.54) is 11.1 Å². The van der Waals surface area contributed by atoms with Crippen molar-refractivity contribution in [2.24, 2.45) is 0 Å². The summed E-state index contributed by atoms with van der Waals surface area (Å²) in [7, 11) is 0. The Morgan fingerprint density at radius 1 is 0.893 bits per heavy atom. The van der Waals surface area contributed by atoms with Gasteiger partial charge < -0.3 is 10.2 Å². The van der Waals surface area contributed by atoms with Crippen LogP contribution in [0.25, 0.3) is 0 Å². The number of nitrogens with one attached hydrogen (secondary N) is 1. The van der Waals surface area contributed by atoms with Crippen LogP contribution in [0.4, 0.5) is 0 Å². The highest BCUT2D eigenvalue weighted by Gasteiger charge is 2.30. The van der Waals surface area contributed by atoms with E-state index in [2.05, 4.69) is 58.7 Å². The van der Waals surface area contributed by atoms with Crippen LogP contribution in [-0.2, 0) is 9.59 Å². The Bertz CT molecular complexity index is 731. The van der Waals surface area contributed by atoms with Crippen LogP contribution in [-0.4, -0.2) is 53.8 Å². The molecule has 28 heavy (non-hydrogen) atoms. The van der Waals surface area contributed by atoms with E-state index in [-0.39, 0.29) is 12.1 Å². The van der Waals surface area contributed by atoms with Gasteiger partial charge in [0.05, 0.1) is 6.04 Å². The molecule has 1 heterocycles. The lowest BCUT2D eigenvalue weighted by Gasteiger charge is -2.39. The van der Waals surface area contributed by atoms with Gasteiger partial charge in [-0.3, -0.25) is 14.5 Å². The molecule has 1 atom stereocenters. The van der Waals surface area contributed by atoms with Crippen LogP contribution in [0.15, 0.2) is 60.7 Å². The van der Waals surface area contributed by atoms with E-state index in [9.17, 15) is 9.59 Å². The molecule has 1 N–H and O–H groups in total. The first kappa shape index (κ1) is 20.1. The van der Waals surface area contributed by atoms with Crippen molar-refractivity contribution in [3.63, 3.8) is 0 Å². The predicted molar refractivity (Wildman–Crippen MR) is 111 cm³/mol. The molecular formula is C23H29N3O2. The fourth-order valence-corrected chi connectivity index (χ4v) is 3.60. The SMILES string of the molecule is CCC(C)NC(=O)C(=O)N1CCN(C(c2ccccc2)c2ccccc2)CC1. The van der Waals surface area contributed by atoms with Crippen LogP contribution < -0.4 is 5.32 Å². The summed E-state index contributed by atoms with van der Waals surface area (Å²) in [6, 6.07) is 21.0. The first-order valence-corrected chi connectivity index (χ1v) is 10.0. The van der Waals surface area contributed by atoms with Gasteiger partial charge in [0.2, 0.25) is 0 Å². The summed E-state index contributed by atoms with van der Waals surface area (Å²) >= 11 is 0. The zero-order valence-corrected chi connectivity index (χ0v) is 16.7. The van der Waals surface area contributed by atoms with Gasteiger partial charge in [-0.25, -0.2) is 0 Å². The molecule has 1 fully saturated rings. The Morgan fingerprint density at radius 2 is 1.39 bits per heavy atom. The Balaban J connectivity index is 1.69. The number of amides is 2. The normalized spacial score (nSPS) is 16.0. The standard InChI is InChI=1S/C23H29N3O2/c1-3-18(2)24-22(27)23(28)26-16-14-25(15-17-26)21(19-10-6-4-7-11-19)20-12-8-5-9-13-20/h4-13,18,21H,3,14-17H2,1-2H3,(H,24,27). The van der Waals surface area contributed by atoms with Crippen LogP contribution in [0.1, 0.15) is 37.4 Å². The molecule has 1 aliphatic heterocycles. The van der Waals surface area contributed by atoms with E-state index in [1.54, 1.807) is 4.90 Å².